The molecular formula is C19H20N2O4. The van der Waals surface area contributed by atoms with Gasteiger partial charge in [0.05, 0.1) is 6.54 Å². The highest BCUT2D eigenvalue weighted by atomic mass is 16.4. The molecule has 0 unspecified atom stereocenters. The third-order valence-corrected chi connectivity index (χ3v) is 4.33. The Bertz CT molecular complexity index is 952. The van der Waals surface area contributed by atoms with Gasteiger partial charge in [0, 0.05) is 18.3 Å². The van der Waals surface area contributed by atoms with Crippen molar-refractivity contribution in [3.63, 3.8) is 0 Å². The zero-order valence-corrected chi connectivity index (χ0v) is 14.4. The first-order valence-electron chi connectivity index (χ1n) is 7.98. The van der Waals surface area contributed by atoms with Crippen LogP contribution in [0.25, 0.3) is 10.9 Å². The zero-order chi connectivity index (χ0) is 18.1. The lowest BCUT2D eigenvalue weighted by Gasteiger charge is -2.17. The molecule has 3 aromatic rings. The predicted octanol–water partition coefficient (Wildman–Crippen LogP) is 3.21. The number of carbonyl (C=O) groups is 2. The quantitative estimate of drug-likeness (QED) is 0.774. The first-order valence-corrected chi connectivity index (χ1v) is 7.98. The average molecular weight is 340 g/mol. The maximum atomic E-state index is 12.6. The molecule has 0 saturated heterocycles. The molecule has 0 fully saturated rings. The molecule has 0 aliphatic heterocycles. The molecule has 6 heteroatoms. The second-order valence-corrected chi connectivity index (χ2v) is 6.17. The summed E-state index contributed by atoms with van der Waals surface area (Å²) in [6.07, 6.45) is 0. The van der Waals surface area contributed by atoms with Gasteiger partial charge >= 0.3 is 5.97 Å². The number of rotatable bonds is 5. The lowest BCUT2D eigenvalue weighted by Crippen LogP contribution is -2.29. The van der Waals surface area contributed by atoms with Gasteiger partial charge < -0.3 is 19.0 Å². The molecule has 0 aliphatic carbocycles. The van der Waals surface area contributed by atoms with Crippen molar-refractivity contribution in [3.8, 4) is 0 Å². The summed E-state index contributed by atoms with van der Waals surface area (Å²) in [5.74, 6) is -0.304. The highest BCUT2D eigenvalue weighted by Gasteiger charge is 2.18. The number of aromatic nitrogens is 1. The Balaban J connectivity index is 1.75. The number of carbonyl (C=O) groups excluding carboxylic acids is 1. The second kappa shape index (κ2) is 6.47. The lowest BCUT2D eigenvalue weighted by molar-refractivity contribution is -0.131. The molecule has 3 rings (SSSR count). The molecule has 2 aromatic heterocycles. The van der Waals surface area contributed by atoms with Gasteiger partial charge in [0.2, 0.25) is 5.91 Å². The summed E-state index contributed by atoms with van der Waals surface area (Å²) in [5, 5.41) is 10.2. The Hall–Kier alpha value is -3.02. The second-order valence-electron chi connectivity index (χ2n) is 6.17. The van der Waals surface area contributed by atoms with Crippen molar-refractivity contribution in [2.75, 3.05) is 7.05 Å². The fraction of sp³-hybridized carbons (Fsp3) is 0.263. The van der Waals surface area contributed by atoms with E-state index in [0.717, 1.165) is 16.6 Å². The first-order chi connectivity index (χ1) is 11.9. The van der Waals surface area contributed by atoms with Crippen LogP contribution in [0.15, 0.2) is 40.8 Å². The Kier molecular flexibility index (Phi) is 4.35. The van der Waals surface area contributed by atoms with Crippen molar-refractivity contribution in [3.05, 3.63) is 59.2 Å². The molecule has 1 N–H and O–H groups in total. The number of nitrogens with zero attached hydrogens (tertiary/aromatic N) is 2. The summed E-state index contributed by atoms with van der Waals surface area (Å²) >= 11 is 0. The van der Waals surface area contributed by atoms with E-state index in [0.29, 0.717) is 11.5 Å². The van der Waals surface area contributed by atoms with Gasteiger partial charge in [-0.2, -0.15) is 0 Å². The number of para-hydroxylation sites is 1. The van der Waals surface area contributed by atoms with Crippen LogP contribution in [0.3, 0.4) is 0 Å². The van der Waals surface area contributed by atoms with Crippen LogP contribution >= 0.6 is 0 Å². The van der Waals surface area contributed by atoms with E-state index in [4.69, 9.17) is 9.52 Å². The maximum absolute atomic E-state index is 12.6. The van der Waals surface area contributed by atoms with E-state index < -0.39 is 5.97 Å². The topological polar surface area (TPSA) is 75.7 Å². The minimum absolute atomic E-state index is 0.0737. The number of hydrogen-bond donors (Lipinski definition) is 1. The number of amides is 1. The first kappa shape index (κ1) is 16.8. The van der Waals surface area contributed by atoms with Crippen molar-refractivity contribution >= 4 is 22.8 Å². The monoisotopic (exact) mass is 340 g/mol. The molecule has 6 nitrogen and oxygen atoms in total. The third-order valence-electron chi connectivity index (χ3n) is 4.33. The molecule has 0 aliphatic rings. The van der Waals surface area contributed by atoms with Gasteiger partial charge in [0.25, 0.3) is 0 Å². The van der Waals surface area contributed by atoms with Crippen LogP contribution in [0.5, 0.6) is 0 Å². The fourth-order valence-electron chi connectivity index (χ4n) is 2.97. The number of aryl methyl sites for hydroxylation is 2. The number of furan rings is 1. The summed E-state index contributed by atoms with van der Waals surface area (Å²) < 4.78 is 7.42. The van der Waals surface area contributed by atoms with E-state index in [1.165, 1.54) is 11.0 Å². The van der Waals surface area contributed by atoms with E-state index in [9.17, 15) is 9.59 Å². The SMILES string of the molecule is Cc1oc(CN(C)C(=O)Cn2c(C)cc3ccccc32)cc1C(=O)O. The summed E-state index contributed by atoms with van der Waals surface area (Å²) in [6.45, 7) is 4.03. The highest BCUT2D eigenvalue weighted by molar-refractivity contribution is 5.89. The number of hydrogen-bond acceptors (Lipinski definition) is 3. The fourth-order valence-corrected chi connectivity index (χ4v) is 2.97. The van der Waals surface area contributed by atoms with E-state index in [-0.39, 0.29) is 24.6 Å². The molecule has 1 amide bonds. The lowest BCUT2D eigenvalue weighted by atomic mass is 10.2. The van der Waals surface area contributed by atoms with Crippen LogP contribution in [0.4, 0.5) is 0 Å². The summed E-state index contributed by atoms with van der Waals surface area (Å²) in [6, 6.07) is 11.5. The number of carboxylic acids is 1. The molecule has 25 heavy (non-hydrogen) atoms. The molecule has 0 spiro atoms. The van der Waals surface area contributed by atoms with Crippen molar-refractivity contribution in [2.45, 2.75) is 26.9 Å². The van der Waals surface area contributed by atoms with Crippen molar-refractivity contribution in [1.29, 1.82) is 0 Å². The van der Waals surface area contributed by atoms with Crippen LogP contribution in [0.2, 0.25) is 0 Å². The number of carboxylic acid groups (broad SMARTS) is 1. The smallest absolute Gasteiger partial charge is 0.339 e. The molecule has 0 bridgehead atoms. The molecule has 1 aromatic carbocycles. The molecule has 0 saturated carbocycles. The van der Waals surface area contributed by atoms with Crippen LogP contribution in [-0.4, -0.2) is 33.5 Å². The largest absolute Gasteiger partial charge is 0.478 e. The Morgan fingerprint density at radius 1 is 1.20 bits per heavy atom. The zero-order valence-electron chi connectivity index (χ0n) is 14.4. The van der Waals surface area contributed by atoms with Crippen LogP contribution in [-0.2, 0) is 17.9 Å². The molecule has 130 valence electrons. The van der Waals surface area contributed by atoms with Crippen LogP contribution < -0.4 is 0 Å². The number of fused-ring (bicyclic) bond motifs is 1. The molecule has 2 heterocycles. The van der Waals surface area contributed by atoms with Gasteiger partial charge in [-0.15, -0.1) is 0 Å². The van der Waals surface area contributed by atoms with E-state index in [1.54, 1.807) is 14.0 Å². The molecule has 0 atom stereocenters. The van der Waals surface area contributed by atoms with Crippen LogP contribution in [0, 0.1) is 13.8 Å². The predicted molar refractivity (Wildman–Crippen MR) is 93.6 cm³/mol. The van der Waals surface area contributed by atoms with Gasteiger partial charge in [-0.25, -0.2) is 4.79 Å². The number of aromatic carboxylic acids is 1. The standard InChI is InChI=1S/C19H20N2O4/c1-12-8-14-6-4-5-7-17(14)21(12)11-18(22)20(3)10-15-9-16(19(23)24)13(2)25-15/h4-9H,10-11H2,1-3H3,(H,23,24). The summed E-state index contributed by atoms with van der Waals surface area (Å²) in [7, 11) is 1.68. The summed E-state index contributed by atoms with van der Waals surface area (Å²) in [5.41, 5.74) is 2.16. The van der Waals surface area contributed by atoms with Crippen molar-refractivity contribution in [1.82, 2.24) is 9.47 Å². The third kappa shape index (κ3) is 3.28. The number of likely N-dealkylation sites (N-methyl/N-ethyl adjacent to an activating group) is 1. The minimum Gasteiger partial charge on any atom is -0.478 e. The summed E-state index contributed by atoms with van der Waals surface area (Å²) in [4.78, 5) is 25.2. The van der Waals surface area contributed by atoms with Gasteiger partial charge in [-0.3, -0.25) is 4.79 Å². The van der Waals surface area contributed by atoms with E-state index in [1.807, 2.05) is 35.8 Å². The van der Waals surface area contributed by atoms with Gasteiger partial charge in [0.15, 0.2) is 0 Å². The van der Waals surface area contributed by atoms with E-state index >= 15 is 0 Å². The highest BCUT2D eigenvalue weighted by Crippen LogP contribution is 2.20. The van der Waals surface area contributed by atoms with Gasteiger partial charge in [0.1, 0.15) is 23.6 Å². The van der Waals surface area contributed by atoms with Gasteiger partial charge in [-0.05, 0) is 37.4 Å². The van der Waals surface area contributed by atoms with E-state index in [2.05, 4.69) is 6.07 Å². The maximum Gasteiger partial charge on any atom is 0.339 e. The number of benzene rings is 1. The minimum atomic E-state index is -1.03. The Morgan fingerprint density at radius 3 is 2.60 bits per heavy atom. The van der Waals surface area contributed by atoms with Crippen molar-refractivity contribution in [2.24, 2.45) is 0 Å². The van der Waals surface area contributed by atoms with Crippen LogP contribution in [0.1, 0.15) is 27.6 Å². The Labute approximate surface area is 145 Å². The Morgan fingerprint density at radius 2 is 1.92 bits per heavy atom. The molecule has 0 radical (unpaired) electrons. The van der Waals surface area contributed by atoms with Gasteiger partial charge in [-0.1, -0.05) is 18.2 Å². The van der Waals surface area contributed by atoms with Crippen molar-refractivity contribution < 1.29 is 19.1 Å². The average Bonchev–Trinajstić information content (AvgIpc) is 3.07. The normalized spacial score (nSPS) is 11.0. The molecular weight excluding hydrogens is 320 g/mol.